The molecule has 1 unspecified atom stereocenters. The molecule has 2 amide bonds. The molecule has 2 atom stereocenters. The van der Waals surface area contributed by atoms with Crippen LogP contribution in [0.25, 0.3) is 11.1 Å². The topological polar surface area (TPSA) is 60.9 Å². The molecule has 7 nitrogen and oxygen atoms in total. The van der Waals surface area contributed by atoms with Crippen molar-refractivity contribution in [1.82, 2.24) is 14.8 Å². The van der Waals surface area contributed by atoms with Crippen LogP contribution in [0.2, 0.25) is 0 Å². The van der Waals surface area contributed by atoms with Gasteiger partial charge in [0.15, 0.2) is 0 Å². The van der Waals surface area contributed by atoms with E-state index in [0.29, 0.717) is 37.8 Å². The van der Waals surface area contributed by atoms with E-state index in [2.05, 4.69) is 34.3 Å². The number of nitrogens with one attached hydrogen (secondary N) is 1. The third-order valence-electron chi connectivity index (χ3n) is 7.87. The lowest BCUT2D eigenvalue weighted by Crippen LogP contribution is -2.37. The molecule has 1 aromatic carbocycles. The Balaban J connectivity index is 1.38. The molecule has 3 aliphatic rings. The van der Waals surface area contributed by atoms with Crippen molar-refractivity contribution in [2.75, 3.05) is 69.7 Å². The van der Waals surface area contributed by atoms with Crippen LogP contribution in [0.4, 0.5) is 29.5 Å². The van der Waals surface area contributed by atoms with E-state index >= 15 is 0 Å². The number of anilines is 2. The van der Waals surface area contributed by atoms with Crippen molar-refractivity contribution in [3.63, 3.8) is 0 Å². The van der Waals surface area contributed by atoms with Crippen molar-refractivity contribution in [2.45, 2.75) is 38.3 Å². The molecule has 5 rings (SSSR count). The number of carbonyl (C=O) groups excluding carboxylic acids is 1. The third-order valence-corrected chi connectivity index (χ3v) is 7.87. The average molecular weight is 532 g/mol. The Morgan fingerprint density at radius 2 is 1.87 bits per heavy atom. The third kappa shape index (κ3) is 6.40. The van der Waals surface area contributed by atoms with Crippen LogP contribution in [0.15, 0.2) is 30.3 Å². The molecule has 1 aromatic heterocycles. The van der Waals surface area contributed by atoms with Gasteiger partial charge < -0.3 is 24.8 Å². The second kappa shape index (κ2) is 11.1. The van der Waals surface area contributed by atoms with E-state index in [0.717, 1.165) is 60.8 Å². The molecule has 1 N–H and O–H groups in total. The highest BCUT2D eigenvalue weighted by Gasteiger charge is 2.36. The number of halogens is 3. The number of likely N-dealkylation sites (tertiary alicyclic amines) is 2. The number of pyridine rings is 1. The lowest BCUT2D eigenvalue weighted by Gasteiger charge is -2.29. The van der Waals surface area contributed by atoms with Crippen LogP contribution < -0.4 is 10.2 Å². The monoisotopic (exact) mass is 531 g/mol. The Kier molecular flexibility index (Phi) is 7.81. The van der Waals surface area contributed by atoms with Crippen LogP contribution in [0.5, 0.6) is 0 Å². The summed E-state index contributed by atoms with van der Waals surface area (Å²) in [6, 6.07) is 9.70. The van der Waals surface area contributed by atoms with Gasteiger partial charge in [0.1, 0.15) is 5.82 Å². The van der Waals surface area contributed by atoms with Crippen LogP contribution >= 0.6 is 0 Å². The Hall–Kier alpha value is -2.85. The molecule has 3 fully saturated rings. The zero-order chi connectivity index (χ0) is 26.9. The van der Waals surface area contributed by atoms with Gasteiger partial charge in [0.25, 0.3) is 0 Å². The summed E-state index contributed by atoms with van der Waals surface area (Å²) in [5.41, 5.74) is 4.83. The van der Waals surface area contributed by atoms with Gasteiger partial charge >= 0.3 is 12.2 Å². The first-order valence-corrected chi connectivity index (χ1v) is 13.4. The van der Waals surface area contributed by atoms with Crippen LogP contribution in [0, 0.1) is 12.8 Å². The maximum absolute atomic E-state index is 12.9. The summed E-state index contributed by atoms with van der Waals surface area (Å²) in [7, 11) is 2.13. The summed E-state index contributed by atoms with van der Waals surface area (Å²) in [5, 5.41) is 2.91. The van der Waals surface area contributed by atoms with Crippen LogP contribution in [-0.2, 0) is 4.74 Å². The molecular formula is C28H36F3N5O2. The van der Waals surface area contributed by atoms with Gasteiger partial charge in [-0.3, -0.25) is 0 Å². The van der Waals surface area contributed by atoms with Crippen molar-refractivity contribution in [3.8, 4) is 11.1 Å². The average Bonchev–Trinajstić information content (AvgIpc) is 3.53. The first-order chi connectivity index (χ1) is 18.1. The van der Waals surface area contributed by atoms with Crippen LogP contribution in [-0.4, -0.2) is 86.5 Å². The van der Waals surface area contributed by atoms with Crippen molar-refractivity contribution >= 4 is 17.5 Å². The van der Waals surface area contributed by atoms with E-state index in [9.17, 15) is 18.0 Å². The van der Waals surface area contributed by atoms with Crippen molar-refractivity contribution < 1.29 is 22.7 Å². The van der Waals surface area contributed by atoms with Crippen LogP contribution in [0.3, 0.4) is 0 Å². The number of morpholine rings is 1. The molecule has 2 aromatic rings. The first-order valence-electron chi connectivity index (χ1n) is 13.4. The van der Waals surface area contributed by atoms with E-state index in [1.165, 1.54) is 4.90 Å². The smallest absolute Gasteiger partial charge is 0.378 e. The molecule has 3 saturated heterocycles. The van der Waals surface area contributed by atoms with E-state index in [1.54, 1.807) is 0 Å². The summed E-state index contributed by atoms with van der Waals surface area (Å²) in [5.74, 6) is 0.762. The fourth-order valence-corrected chi connectivity index (χ4v) is 5.76. The van der Waals surface area contributed by atoms with Crippen molar-refractivity contribution in [2.24, 2.45) is 5.92 Å². The number of hydrogen-bond donors (Lipinski definition) is 1. The predicted octanol–water partition coefficient (Wildman–Crippen LogP) is 5.12. The second-order valence-electron chi connectivity index (χ2n) is 10.9. The Morgan fingerprint density at radius 1 is 1.08 bits per heavy atom. The molecule has 38 heavy (non-hydrogen) atoms. The zero-order valence-electron chi connectivity index (χ0n) is 22.1. The molecule has 10 heteroatoms. The lowest BCUT2D eigenvalue weighted by atomic mass is 9.96. The van der Waals surface area contributed by atoms with Crippen molar-refractivity contribution in [3.05, 3.63) is 41.6 Å². The molecule has 206 valence electrons. The number of urea groups is 1. The number of aryl methyl sites for hydroxylation is 1. The Morgan fingerprint density at radius 3 is 2.58 bits per heavy atom. The van der Waals surface area contributed by atoms with Crippen LogP contribution in [0.1, 0.15) is 36.4 Å². The number of hydrogen-bond acceptors (Lipinski definition) is 5. The molecular weight excluding hydrogens is 495 g/mol. The van der Waals surface area contributed by atoms with E-state index in [1.807, 2.05) is 25.1 Å². The van der Waals surface area contributed by atoms with Gasteiger partial charge in [0.2, 0.25) is 0 Å². The molecule has 0 spiro atoms. The summed E-state index contributed by atoms with van der Waals surface area (Å²) in [6.07, 6.45) is -3.62. The molecule has 3 aliphatic heterocycles. The highest BCUT2D eigenvalue weighted by molar-refractivity contribution is 5.90. The number of nitrogens with zero attached hydrogens (tertiary/aromatic N) is 4. The number of rotatable bonds is 5. The molecule has 0 radical (unpaired) electrons. The SMILES string of the molecule is Cc1ccc(NC(=O)N2CC[C@@H](CC(F)(F)F)C2)cc1-c1cc(C2CCN(C)C2)nc(N2CCOCC2)c1. The van der Waals surface area contributed by atoms with Gasteiger partial charge in [-0.05, 0) is 80.2 Å². The molecule has 0 bridgehead atoms. The fourth-order valence-electron chi connectivity index (χ4n) is 5.76. The minimum absolute atomic E-state index is 0.122. The number of amides is 2. The highest BCUT2D eigenvalue weighted by atomic mass is 19.4. The predicted molar refractivity (Wildman–Crippen MR) is 142 cm³/mol. The Bertz CT molecular complexity index is 1130. The van der Waals surface area contributed by atoms with E-state index in [4.69, 9.17) is 9.72 Å². The summed E-state index contributed by atoms with van der Waals surface area (Å²) in [4.78, 5) is 24.0. The summed E-state index contributed by atoms with van der Waals surface area (Å²) >= 11 is 0. The maximum atomic E-state index is 12.9. The number of aromatic nitrogens is 1. The Labute approximate surface area is 221 Å². The molecule has 4 heterocycles. The molecule has 0 saturated carbocycles. The number of likely N-dealkylation sites (N-methyl/N-ethyl adjacent to an activating group) is 1. The van der Waals surface area contributed by atoms with E-state index < -0.39 is 18.5 Å². The number of ether oxygens (including phenoxy) is 1. The largest absolute Gasteiger partial charge is 0.389 e. The maximum Gasteiger partial charge on any atom is 0.389 e. The van der Waals surface area contributed by atoms with Gasteiger partial charge in [-0.2, -0.15) is 13.2 Å². The fraction of sp³-hybridized carbons (Fsp3) is 0.571. The second-order valence-corrected chi connectivity index (χ2v) is 10.9. The summed E-state index contributed by atoms with van der Waals surface area (Å²) < 4.78 is 43.9. The van der Waals surface area contributed by atoms with E-state index in [-0.39, 0.29) is 12.6 Å². The highest BCUT2D eigenvalue weighted by Crippen LogP contribution is 2.35. The minimum Gasteiger partial charge on any atom is -0.378 e. The number of benzene rings is 1. The van der Waals surface area contributed by atoms with Gasteiger partial charge in [-0.1, -0.05) is 6.07 Å². The van der Waals surface area contributed by atoms with Gasteiger partial charge in [-0.15, -0.1) is 0 Å². The first kappa shape index (κ1) is 26.7. The normalized spacial score (nSPS) is 22.8. The number of alkyl halides is 3. The minimum atomic E-state index is -4.21. The lowest BCUT2D eigenvalue weighted by molar-refractivity contribution is -0.143. The standard InChI is InChI=1S/C28H36F3N5O2/c1-19-3-4-23(32-27(37)36-8-5-20(17-36)16-28(29,30)31)15-24(19)22-13-25(21-6-7-34(2)18-21)33-26(14-22)35-9-11-38-12-10-35/h3-4,13-15,20-21H,5-12,16-18H2,1-2H3,(H,32,37)/t20-,21?/m0/s1. The van der Waals surface area contributed by atoms with Gasteiger partial charge in [-0.25, -0.2) is 9.78 Å². The number of carbonyl (C=O) groups is 1. The quantitative estimate of drug-likeness (QED) is 0.581. The zero-order valence-corrected chi connectivity index (χ0v) is 22.1. The van der Waals surface area contributed by atoms with Gasteiger partial charge in [0, 0.05) is 56.4 Å². The van der Waals surface area contributed by atoms with Crippen molar-refractivity contribution in [1.29, 1.82) is 0 Å². The molecule has 0 aliphatic carbocycles. The summed E-state index contributed by atoms with van der Waals surface area (Å²) in [6.45, 7) is 7.45. The van der Waals surface area contributed by atoms with Gasteiger partial charge in [0.05, 0.1) is 13.2 Å².